The van der Waals surface area contributed by atoms with E-state index >= 15 is 0 Å². The molecule has 0 radical (unpaired) electrons. The molecule has 1 amide bonds. The summed E-state index contributed by atoms with van der Waals surface area (Å²) in [7, 11) is 0. The number of hydrogen-bond acceptors (Lipinski definition) is 5. The quantitative estimate of drug-likeness (QED) is 0.756. The molecular formula is C16H17N5O2. The van der Waals surface area contributed by atoms with Gasteiger partial charge in [-0.3, -0.25) is 4.79 Å². The zero-order chi connectivity index (χ0) is 16.1. The van der Waals surface area contributed by atoms with E-state index in [-0.39, 0.29) is 5.91 Å². The van der Waals surface area contributed by atoms with E-state index in [2.05, 4.69) is 20.5 Å². The Kier molecular flexibility index (Phi) is 4.46. The standard InChI is InChI=1S/C16H17N5O2/c1-12-19-20-16(23-12)13-4-2-5-14(10-13)18-15(22)6-3-8-21-9-7-17-11-21/h2,4-5,7,9-11H,3,6,8H2,1H3,(H,18,22). The lowest BCUT2D eigenvalue weighted by Crippen LogP contribution is -2.12. The summed E-state index contributed by atoms with van der Waals surface area (Å²) in [6.45, 7) is 2.51. The van der Waals surface area contributed by atoms with Crippen molar-refractivity contribution in [2.24, 2.45) is 0 Å². The van der Waals surface area contributed by atoms with Crippen LogP contribution in [0.2, 0.25) is 0 Å². The van der Waals surface area contributed by atoms with E-state index < -0.39 is 0 Å². The first-order valence-electron chi connectivity index (χ1n) is 7.37. The highest BCUT2D eigenvalue weighted by molar-refractivity contribution is 5.91. The van der Waals surface area contributed by atoms with Crippen molar-refractivity contribution in [1.82, 2.24) is 19.7 Å². The normalized spacial score (nSPS) is 10.7. The maximum absolute atomic E-state index is 12.0. The summed E-state index contributed by atoms with van der Waals surface area (Å²) in [5.74, 6) is 0.927. The maximum atomic E-state index is 12.0. The molecule has 0 aliphatic heterocycles. The van der Waals surface area contributed by atoms with Crippen molar-refractivity contribution in [2.75, 3.05) is 5.32 Å². The van der Waals surface area contributed by atoms with Crippen LogP contribution in [-0.4, -0.2) is 25.7 Å². The second-order valence-electron chi connectivity index (χ2n) is 5.16. The van der Waals surface area contributed by atoms with Crippen molar-refractivity contribution >= 4 is 11.6 Å². The molecule has 3 aromatic rings. The van der Waals surface area contributed by atoms with Crippen LogP contribution >= 0.6 is 0 Å². The summed E-state index contributed by atoms with van der Waals surface area (Å²) in [6, 6.07) is 7.36. The lowest BCUT2D eigenvalue weighted by atomic mass is 10.2. The molecule has 2 heterocycles. The van der Waals surface area contributed by atoms with E-state index in [0.29, 0.717) is 23.9 Å². The van der Waals surface area contributed by atoms with Crippen molar-refractivity contribution in [3.63, 3.8) is 0 Å². The lowest BCUT2D eigenvalue weighted by molar-refractivity contribution is -0.116. The van der Waals surface area contributed by atoms with Crippen LogP contribution in [0.5, 0.6) is 0 Å². The maximum Gasteiger partial charge on any atom is 0.247 e. The number of nitrogens with zero attached hydrogens (tertiary/aromatic N) is 4. The number of amides is 1. The van der Waals surface area contributed by atoms with E-state index in [4.69, 9.17) is 4.42 Å². The summed E-state index contributed by atoms with van der Waals surface area (Å²) < 4.78 is 7.34. The minimum absolute atomic E-state index is 0.0241. The van der Waals surface area contributed by atoms with Gasteiger partial charge >= 0.3 is 0 Å². The fourth-order valence-electron chi connectivity index (χ4n) is 2.21. The third kappa shape index (κ3) is 4.03. The molecule has 0 bridgehead atoms. The van der Waals surface area contributed by atoms with Gasteiger partial charge in [-0.25, -0.2) is 4.98 Å². The molecule has 0 unspecified atom stereocenters. The van der Waals surface area contributed by atoms with Crippen LogP contribution in [0.4, 0.5) is 5.69 Å². The van der Waals surface area contributed by atoms with Gasteiger partial charge in [0.1, 0.15) is 0 Å². The molecule has 2 aromatic heterocycles. The highest BCUT2D eigenvalue weighted by Gasteiger charge is 2.08. The van der Waals surface area contributed by atoms with Gasteiger partial charge in [0.05, 0.1) is 6.33 Å². The number of carbonyl (C=O) groups excluding carboxylic acids is 1. The topological polar surface area (TPSA) is 85.8 Å². The Morgan fingerprint density at radius 2 is 2.26 bits per heavy atom. The SMILES string of the molecule is Cc1nnc(-c2cccc(NC(=O)CCCn3ccnc3)c2)o1. The predicted molar refractivity (Wildman–Crippen MR) is 84.6 cm³/mol. The van der Waals surface area contributed by atoms with Gasteiger partial charge in [0, 0.05) is 43.5 Å². The molecule has 7 heteroatoms. The molecule has 0 spiro atoms. The number of benzene rings is 1. The zero-order valence-electron chi connectivity index (χ0n) is 12.8. The Balaban J connectivity index is 1.56. The molecule has 118 valence electrons. The Labute approximate surface area is 133 Å². The van der Waals surface area contributed by atoms with E-state index in [1.807, 2.05) is 35.0 Å². The third-order valence-corrected chi connectivity index (χ3v) is 3.30. The molecule has 0 aliphatic rings. The van der Waals surface area contributed by atoms with Gasteiger partial charge in [-0.1, -0.05) is 6.07 Å². The highest BCUT2D eigenvalue weighted by Crippen LogP contribution is 2.21. The second kappa shape index (κ2) is 6.87. The molecule has 0 fully saturated rings. The number of aryl methyl sites for hydroxylation is 2. The molecule has 3 rings (SSSR count). The summed E-state index contributed by atoms with van der Waals surface area (Å²) in [5, 5.41) is 10.7. The molecule has 0 saturated heterocycles. The van der Waals surface area contributed by atoms with E-state index in [9.17, 15) is 4.79 Å². The summed E-state index contributed by atoms with van der Waals surface area (Å²) in [4.78, 5) is 16.0. The van der Waals surface area contributed by atoms with Crippen LogP contribution in [0.3, 0.4) is 0 Å². The highest BCUT2D eigenvalue weighted by atomic mass is 16.4. The Hall–Kier alpha value is -2.96. The van der Waals surface area contributed by atoms with Crippen LogP contribution in [0.1, 0.15) is 18.7 Å². The fourth-order valence-corrected chi connectivity index (χ4v) is 2.21. The Morgan fingerprint density at radius 3 is 3.00 bits per heavy atom. The van der Waals surface area contributed by atoms with Crippen molar-refractivity contribution < 1.29 is 9.21 Å². The molecule has 1 N–H and O–H groups in total. The monoisotopic (exact) mass is 311 g/mol. The smallest absolute Gasteiger partial charge is 0.247 e. The average molecular weight is 311 g/mol. The van der Waals surface area contributed by atoms with Gasteiger partial charge < -0.3 is 14.3 Å². The van der Waals surface area contributed by atoms with Crippen LogP contribution in [-0.2, 0) is 11.3 Å². The number of nitrogens with one attached hydrogen (secondary N) is 1. The number of imidazole rings is 1. The number of hydrogen-bond donors (Lipinski definition) is 1. The summed E-state index contributed by atoms with van der Waals surface area (Å²) in [5.41, 5.74) is 1.49. The Morgan fingerprint density at radius 1 is 1.35 bits per heavy atom. The van der Waals surface area contributed by atoms with Gasteiger partial charge in [-0.05, 0) is 24.6 Å². The minimum Gasteiger partial charge on any atom is -0.421 e. The van der Waals surface area contributed by atoms with E-state index in [1.54, 1.807) is 19.4 Å². The number of rotatable bonds is 6. The average Bonchev–Trinajstić information content (AvgIpc) is 3.19. The molecule has 1 aromatic carbocycles. The van der Waals surface area contributed by atoms with E-state index in [0.717, 1.165) is 18.5 Å². The van der Waals surface area contributed by atoms with Gasteiger partial charge in [0.15, 0.2) is 0 Å². The van der Waals surface area contributed by atoms with Gasteiger partial charge in [0.25, 0.3) is 0 Å². The van der Waals surface area contributed by atoms with Crippen molar-refractivity contribution in [1.29, 1.82) is 0 Å². The molecule has 23 heavy (non-hydrogen) atoms. The Bertz CT molecular complexity index is 779. The number of anilines is 1. The van der Waals surface area contributed by atoms with Crippen LogP contribution in [0.25, 0.3) is 11.5 Å². The van der Waals surface area contributed by atoms with Gasteiger partial charge in [0.2, 0.25) is 17.7 Å². The molecular weight excluding hydrogens is 294 g/mol. The third-order valence-electron chi connectivity index (χ3n) is 3.30. The van der Waals surface area contributed by atoms with Crippen molar-refractivity contribution in [2.45, 2.75) is 26.3 Å². The zero-order valence-corrected chi connectivity index (χ0v) is 12.8. The van der Waals surface area contributed by atoms with Gasteiger partial charge in [-0.2, -0.15) is 0 Å². The first-order chi connectivity index (χ1) is 11.2. The second-order valence-corrected chi connectivity index (χ2v) is 5.16. The number of carbonyl (C=O) groups is 1. The molecule has 7 nitrogen and oxygen atoms in total. The predicted octanol–water partition coefficient (Wildman–Crippen LogP) is 2.66. The molecule has 0 saturated carbocycles. The van der Waals surface area contributed by atoms with Crippen LogP contribution in [0, 0.1) is 6.92 Å². The van der Waals surface area contributed by atoms with Crippen LogP contribution < -0.4 is 5.32 Å². The first kappa shape index (κ1) is 15.0. The molecule has 0 atom stereocenters. The fraction of sp³-hybridized carbons (Fsp3) is 0.250. The van der Waals surface area contributed by atoms with Crippen molar-refractivity contribution in [3.05, 3.63) is 48.9 Å². The molecule has 0 aliphatic carbocycles. The minimum atomic E-state index is -0.0241. The number of aromatic nitrogens is 4. The van der Waals surface area contributed by atoms with E-state index in [1.165, 1.54) is 0 Å². The largest absolute Gasteiger partial charge is 0.421 e. The van der Waals surface area contributed by atoms with Crippen molar-refractivity contribution in [3.8, 4) is 11.5 Å². The lowest BCUT2D eigenvalue weighted by Gasteiger charge is -2.06. The van der Waals surface area contributed by atoms with Crippen LogP contribution in [0.15, 0.2) is 47.4 Å². The summed E-state index contributed by atoms with van der Waals surface area (Å²) >= 11 is 0. The summed E-state index contributed by atoms with van der Waals surface area (Å²) in [6.07, 6.45) is 6.55. The first-order valence-corrected chi connectivity index (χ1v) is 7.37. The van der Waals surface area contributed by atoms with Gasteiger partial charge in [-0.15, -0.1) is 10.2 Å².